The summed E-state index contributed by atoms with van der Waals surface area (Å²) in [6.45, 7) is 7.15. The summed E-state index contributed by atoms with van der Waals surface area (Å²) >= 11 is 6.07. The van der Waals surface area contributed by atoms with Gasteiger partial charge in [-0.15, -0.1) is 0 Å². The zero-order chi connectivity index (χ0) is 25.0. The minimum absolute atomic E-state index is 0.0961. The summed E-state index contributed by atoms with van der Waals surface area (Å²) in [5, 5.41) is 9.84. The summed E-state index contributed by atoms with van der Waals surface area (Å²) in [7, 11) is -3.92. The molecule has 1 heterocycles. The Hall–Kier alpha value is -2.75. The summed E-state index contributed by atoms with van der Waals surface area (Å²) in [5.74, 6) is -0.0949. The van der Waals surface area contributed by atoms with Crippen LogP contribution in [0.5, 0.6) is 11.5 Å². The molecule has 34 heavy (non-hydrogen) atoms. The van der Waals surface area contributed by atoms with Crippen LogP contribution in [0.25, 0.3) is 11.0 Å². The number of hydrogen-bond donors (Lipinski definition) is 1. The number of furan rings is 1. The maximum absolute atomic E-state index is 13.5. The van der Waals surface area contributed by atoms with Crippen LogP contribution in [0.2, 0.25) is 5.02 Å². The Morgan fingerprint density at radius 2 is 1.94 bits per heavy atom. The molecule has 0 aliphatic heterocycles. The molecule has 0 fully saturated rings. The van der Waals surface area contributed by atoms with E-state index >= 15 is 0 Å². The molecule has 1 aromatic heterocycles. The summed E-state index contributed by atoms with van der Waals surface area (Å²) in [6.07, 6.45) is 0.150. The first kappa shape index (κ1) is 25.9. The SMILES string of the molecule is CCCN(CC(C)Oc1ccc(OCC(=O)O)c(C)c1)S(=O)(=O)c1oc2ccc(Cl)cc2c1C. The van der Waals surface area contributed by atoms with E-state index in [1.807, 2.05) is 6.92 Å². The van der Waals surface area contributed by atoms with E-state index in [4.69, 9.17) is 30.6 Å². The van der Waals surface area contributed by atoms with E-state index in [-0.39, 0.29) is 11.6 Å². The van der Waals surface area contributed by atoms with Gasteiger partial charge in [-0.25, -0.2) is 13.2 Å². The third-order valence-corrected chi connectivity index (χ3v) is 7.30. The second-order valence-electron chi connectivity index (χ2n) is 8.06. The van der Waals surface area contributed by atoms with E-state index in [2.05, 4.69) is 0 Å². The second kappa shape index (κ2) is 10.7. The van der Waals surface area contributed by atoms with Crippen molar-refractivity contribution in [2.24, 2.45) is 0 Å². The largest absolute Gasteiger partial charge is 0.489 e. The number of halogens is 1. The Balaban J connectivity index is 1.78. The minimum Gasteiger partial charge on any atom is -0.489 e. The molecule has 0 amide bonds. The molecule has 2 aromatic carbocycles. The standard InChI is InChI=1S/C24H28ClNO7S/c1-5-10-26(34(29,30)24-17(4)20-12-18(25)6-8-22(20)33-24)13-16(3)32-19-7-9-21(15(2)11-19)31-14-23(27)28/h6-9,11-12,16H,5,10,13-14H2,1-4H3,(H,27,28). The highest BCUT2D eigenvalue weighted by Crippen LogP contribution is 2.32. The van der Waals surface area contributed by atoms with E-state index in [0.717, 1.165) is 0 Å². The fraction of sp³-hybridized carbons (Fsp3) is 0.375. The zero-order valence-corrected chi connectivity index (χ0v) is 21.1. The van der Waals surface area contributed by atoms with Gasteiger partial charge in [-0.3, -0.25) is 0 Å². The molecular formula is C24H28ClNO7S. The summed E-state index contributed by atoms with van der Waals surface area (Å²) in [4.78, 5) is 10.7. The molecule has 0 aliphatic rings. The minimum atomic E-state index is -3.92. The molecule has 0 aliphatic carbocycles. The number of carbonyl (C=O) groups is 1. The maximum Gasteiger partial charge on any atom is 0.341 e. The number of aryl methyl sites for hydroxylation is 2. The molecule has 0 spiro atoms. The molecule has 0 radical (unpaired) electrons. The van der Waals surface area contributed by atoms with Crippen molar-refractivity contribution in [2.45, 2.75) is 45.3 Å². The van der Waals surface area contributed by atoms with Gasteiger partial charge >= 0.3 is 5.97 Å². The summed E-state index contributed by atoms with van der Waals surface area (Å²) < 4.78 is 45.3. The Morgan fingerprint density at radius 1 is 1.21 bits per heavy atom. The van der Waals surface area contributed by atoms with Crippen LogP contribution in [-0.4, -0.2) is 49.6 Å². The van der Waals surface area contributed by atoms with Crippen LogP contribution >= 0.6 is 11.6 Å². The average molecular weight is 510 g/mol. The average Bonchev–Trinajstić information content (AvgIpc) is 3.09. The van der Waals surface area contributed by atoms with E-state index in [1.165, 1.54) is 4.31 Å². The van der Waals surface area contributed by atoms with Crippen LogP contribution in [0.3, 0.4) is 0 Å². The highest BCUT2D eigenvalue weighted by Gasteiger charge is 2.32. The van der Waals surface area contributed by atoms with Gasteiger partial charge in [-0.2, -0.15) is 4.31 Å². The number of ether oxygens (including phenoxy) is 2. The molecule has 184 valence electrons. The molecule has 0 saturated carbocycles. The van der Waals surface area contributed by atoms with Crippen LogP contribution in [0.4, 0.5) is 0 Å². The van der Waals surface area contributed by atoms with Gasteiger partial charge in [-0.1, -0.05) is 18.5 Å². The number of carboxylic acid groups (broad SMARTS) is 1. The first-order chi connectivity index (χ1) is 16.0. The molecule has 1 N–H and O–H groups in total. The van der Waals surface area contributed by atoms with Crippen molar-refractivity contribution in [3.63, 3.8) is 0 Å². The van der Waals surface area contributed by atoms with Crippen molar-refractivity contribution in [1.82, 2.24) is 4.31 Å². The van der Waals surface area contributed by atoms with E-state index in [0.29, 0.717) is 51.6 Å². The van der Waals surface area contributed by atoms with Gasteiger partial charge in [0.1, 0.15) is 23.2 Å². The highest BCUT2D eigenvalue weighted by molar-refractivity contribution is 7.89. The zero-order valence-electron chi connectivity index (χ0n) is 19.5. The van der Waals surface area contributed by atoms with E-state index in [9.17, 15) is 13.2 Å². The number of rotatable bonds is 11. The first-order valence-electron chi connectivity index (χ1n) is 10.8. The van der Waals surface area contributed by atoms with Gasteiger partial charge < -0.3 is 19.0 Å². The molecular weight excluding hydrogens is 482 g/mol. The lowest BCUT2D eigenvalue weighted by Gasteiger charge is -2.25. The van der Waals surface area contributed by atoms with Crippen LogP contribution in [0, 0.1) is 13.8 Å². The lowest BCUT2D eigenvalue weighted by atomic mass is 10.2. The lowest BCUT2D eigenvalue weighted by molar-refractivity contribution is -0.139. The predicted molar refractivity (Wildman–Crippen MR) is 129 cm³/mol. The van der Waals surface area contributed by atoms with Crippen LogP contribution in [0.15, 0.2) is 45.9 Å². The van der Waals surface area contributed by atoms with Crippen molar-refractivity contribution in [3.8, 4) is 11.5 Å². The topological polar surface area (TPSA) is 106 Å². The molecule has 3 rings (SSSR count). The van der Waals surface area contributed by atoms with Crippen molar-refractivity contribution in [2.75, 3.05) is 19.7 Å². The number of sulfonamides is 1. The fourth-order valence-corrected chi connectivity index (χ4v) is 5.57. The lowest BCUT2D eigenvalue weighted by Crippen LogP contribution is -2.39. The van der Waals surface area contributed by atoms with Crippen LogP contribution in [0.1, 0.15) is 31.4 Å². The molecule has 3 aromatic rings. The van der Waals surface area contributed by atoms with Crippen LogP contribution in [-0.2, 0) is 14.8 Å². The van der Waals surface area contributed by atoms with Gasteiger partial charge in [0.2, 0.25) is 5.09 Å². The van der Waals surface area contributed by atoms with Gasteiger partial charge in [0.25, 0.3) is 10.0 Å². The quantitative estimate of drug-likeness (QED) is 0.386. The van der Waals surface area contributed by atoms with Crippen molar-refractivity contribution in [1.29, 1.82) is 0 Å². The summed E-state index contributed by atoms with van der Waals surface area (Å²) in [5.41, 5.74) is 1.68. The van der Waals surface area contributed by atoms with Crippen molar-refractivity contribution >= 4 is 38.6 Å². The third-order valence-electron chi connectivity index (χ3n) is 5.20. The number of carboxylic acids is 1. The van der Waals surface area contributed by atoms with Crippen LogP contribution < -0.4 is 9.47 Å². The number of fused-ring (bicyclic) bond motifs is 1. The molecule has 8 nitrogen and oxygen atoms in total. The third kappa shape index (κ3) is 5.84. The van der Waals surface area contributed by atoms with Gasteiger partial charge in [0.15, 0.2) is 6.61 Å². The number of benzene rings is 2. The Bertz CT molecular complexity index is 1290. The first-order valence-corrected chi connectivity index (χ1v) is 12.7. The van der Waals surface area contributed by atoms with Crippen molar-refractivity contribution < 1.29 is 32.2 Å². The molecule has 0 bridgehead atoms. The van der Waals surface area contributed by atoms with Crippen molar-refractivity contribution in [3.05, 3.63) is 52.5 Å². The van der Waals surface area contributed by atoms with E-state index in [1.54, 1.807) is 57.2 Å². The van der Waals surface area contributed by atoms with Gasteiger partial charge in [-0.05, 0) is 69.2 Å². The van der Waals surface area contributed by atoms with Gasteiger partial charge in [0.05, 0.1) is 6.54 Å². The Labute approximate surface area is 204 Å². The Morgan fingerprint density at radius 3 is 2.59 bits per heavy atom. The molecule has 0 saturated heterocycles. The highest BCUT2D eigenvalue weighted by atomic mass is 35.5. The number of aliphatic carboxylic acids is 1. The second-order valence-corrected chi connectivity index (χ2v) is 10.3. The van der Waals surface area contributed by atoms with E-state index < -0.39 is 28.7 Å². The molecule has 10 heteroatoms. The molecule has 1 atom stereocenters. The Kier molecular flexibility index (Phi) is 8.12. The normalized spacial score (nSPS) is 12.8. The van der Waals surface area contributed by atoms with Gasteiger partial charge in [0, 0.05) is 22.5 Å². The molecule has 1 unspecified atom stereocenters. The smallest absolute Gasteiger partial charge is 0.341 e. The fourth-order valence-electron chi connectivity index (χ4n) is 3.65. The number of hydrogen-bond acceptors (Lipinski definition) is 6. The predicted octanol–water partition coefficient (Wildman–Crippen LogP) is 5.03. The number of nitrogens with zero attached hydrogens (tertiary/aromatic N) is 1. The summed E-state index contributed by atoms with van der Waals surface area (Å²) in [6, 6.07) is 10.0. The maximum atomic E-state index is 13.5. The monoisotopic (exact) mass is 509 g/mol.